The summed E-state index contributed by atoms with van der Waals surface area (Å²) in [5.41, 5.74) is 3.31. The molecule has 0 radical (unpaired) electrons. The van der Waals surface area contributed by atoms with Crippen LogP contribution in [0, 0.1) is 0 Å². The second kappa shape index (κ2) is 10.6. The average molecular weight is 494 g/mol. The molecule has 3 aromatic carbocycles. The van der Waals surface area contributed by atoms with Gasteiger partial charge in [0.1, 0.15) is 23.9 Å². The van der Waals surface area contributed by atoms with Crippen LogP contribution in [-0.4, -0.2) is 21.7 Å². The van der Waals surface area contributed by atoms with Gasteiger partial charge in [-0.25, -0.2) is 0 Å². The van der Waals surface area contributed by atoms with Gasteiger partial charge in [-0.05, 0) is 47.4 Å². The van der Waals surface area contributed by atoms with E-state index >= 15 is 0 Å². The Balaban J connectivity index is 1.55. The Morgan fingerprint density at radius 2 is 1.70 bits per heavy atom. The normalized spacial score (nSPS) is 16.8. The summed E-state index contributed by atoms with van der Waals surface area (Å²) < 4.78 is 11.5. The van der Waals surface area contributed by atoms with E-state index in [0.29, 0.717) is 29.2 Å². The Morgan fingerprint density at radius 1 is 0.919 bits per heavy atom. The molecule has 1 amide bonds. The predicted octanol–water partition coefficient (Wildman–Crippen LogP) is 6.04. The summed E-state index contributed by atoms with van der Waals surface area (Å²) in [7, 11) is 0. The second-order valence-electron chi connectivity index (χ2n) is 8.90. The molecule has 0 aliphatic carbocycles. The number of aliphatic hydroxyl groups excluding tert-OH is 1. The van der Waals surface area contributed by atoms with Crippen molar-refractivity contribution in [1.82, 2.24) is 4.90 Å². The number of hydrogen-bond donors (Lipinski definition) is 1. The minimum absolute atomic E-state index is 0.0426. The predicted molar refractivity (Wildman–Crippen MR) is 140 cm³/mol. The van der Waals surface area contributed by atoms with Crippen molar-refractivity contribution in [2.45, 2.75) is 32.5 Å². The van der Waals surface area contributed by atoms with E-state index in [9.17, 15) is 14.7 Å². The lowest BCUT2D eigenvalue weighted by atomic mass is 9.94. The van der Waals surface area contributed by atoms with Gasteiger partial charge in [-0.3, -0.25) is 9.59 Å². The highest BCUT2D eigenvalue weighted by atomic mass is 16.5. The summed E-state index contributed by atoms with van der Waals surface area (Å²) in [5, 5.41) is 11.3. The van der Waals surface area contributed by atoms with Crippen LogP contribution in [0.15, 0.2) is 107 Å². The van der Waals surface area contributed by atoms with Crippen LogP contribution in [0.2, 0.25) is 0 Å². The molecule has 1 aliphatic heterocycles. The largest absolute Gasteiger partial charge is 0.507 e. The van der Waals surface area contributed by atoms with Crippen LogP contribution in [0.3, 0.4) is 0 Å². The fourth-order valence-electron chi connectivity index (χ4n) is 4.53. The van der Waals surface area contributed by atoms with Crippen LogP contribution >= 0.6 is 0 Å². The van der Waals surface area contributed by atoms with Gasteiger partial charge >= 0.3 is 0 Å². The van der Waals surface area contributed by atoms with Gasteiger partial charge in [-0.1, -0.05) is 73.7 Å². The number of ketones is 1. The van der Waals surface area contributed by atoms with Gasteiger partial charge in [0, 0.05) is 5.56 Å². The molecule has 6 nitrogen and oxygen atoms in total. The highest BCUT2D eigenvalue weighted by Gasteiger charge is 2.46. The molecule has 1 saturated heterocycles. The number of nitrogens with zero attached hydrogens (tertiary/aromatic N) is 1. The number of carbonyl (C=O) groups excluding carboxylic acids is 2. The van der Waals surface area contributed by atoms with Crippen LogP contribution in [0.5, 0.6) is 5.75 Å². The maximum Gasteiger partial charge on any atom is 0.296 e. The van der Waals surface area contributed by atoms with Crippen molar-refractivity contribution in [2.75, 3.05) is 0 Å². The Kier molecular flexibility index (Phi) is 6.90. The van der Waals surface area contributed by atoms with Crippen LogP contribution in [0.25, 0.3) is 5.76 Å². The lowest BCUT2D eigenvalue weighted by Crippen LogP contribution is -2.29. The van der Waals surface area contributed by atoms with Gasteiger partial charge in [0.05, 0.1) is 24.4 Å². The third-order valence-electron chi connectivity index (χ3n) is 6.50. The second-order valence-corrected chi connectivity index (χ2v) is 8.90. The number of hydrogen-bond acceptors (Lipinski definition) is 5. The van der Waals surface area contributed by atoms with Gasteiger partial charge in [0.15, 0.2) is 0 Å². The number of likely N-dealkylation sites (tertiary alicyclic amines) is 1. The zero-order valence-corrected chi connectivity index (χ0v) is 20.5. The maximum atomic E-state index is 13.3. The van der Waals surface area contributed by atoms with E-state index in [1.165, 1.54) is 11.2 Å². The lowest BCUT2D eigenvalue weighted by molar-refractivity contribution is -0.140. The van der Waals surface area contributed by atoms with Gasteiger partial charge in [0.2, 0.25) is 0 Å². The molecule has 6 heteroatoms. The number of aliphatic hydroxyl groups is 1. The summed E-state index contributed by atoms with van der Waals surface area (Å²) in [6.07, 6.45) is 2.37. The number of benzene rings is 3. The van der Waals surface area contributed by atoms with Gasteiger partial charge in [0.25, 0.3) is 11.7 Å². The van der Waals surface area contributed by atoms with Crippen molar-refractivity contribution < 1.29 is 23.8 Å². The number of carbonyl (C=O) groups is 2. The van der Waals surface area contributed by atoms with Crippen molar-refractivity contribution in [3.63, 3.8) is 0 Å². The van der Waals surface area contributed by atoms with E-state index in [1.807, 2.05) is 73.7 Å². The van der Waals surface area contributed by atoms with Gasteiger partial charge in [-0.2, -0.15) is 0 Å². The van der Waals surface area contributed by atoms with Crippen molar-refractivity contribution in [2.24, 2.45) is 0 Å². The topological polar surface area (TPSA) is 80.0 Å². The zero-order valence-electron chi connectivity index (χ0n) is 20.5. The lowest BCUT2D eigenvalue weighted by Gasteiger charge is -2.25. The highest BCUT2D eigenvalue weighted by Crippen LogP contribution is 2.41. The molecule has 5 rings (SSSR count). The van der Waals surface area contributed by atoms with Crippen LogP contribution in [0.1, 0.15) is 41.0 Å². The Morgan fingerprint density at radius 3 is 2.41 bits per heavy atom. The molecule has 1 N–H and O–H groups in total. The summed E-state index contributed by atoms with van der Waals surface area (Å²) in [5.74, 6) is -0.496. The van der Waals surface area contributed by atoms with E-state index in [0.717, 1.165) is 17.5 Å². The number of amides is 1. The van der Waals surface area contributed by atoms with Crippen LogP contribution in [0.4, 0.5) is 0 Å². The molecule has 0 spiro atoms. The standard InChI is InChI=1S/C31H27NO5/c1-2-21-13-15-23(16-14-21)29(33)27-28(32(31(35)30(27)34)19-26-12-7-17-36-26)24-10-6-11-25(18-24)37-20-22-8-4-3-5-9-22/h3-18,28,33H,2,19-20H2,1H3/b29-27-. The number of aryl methyl sites for hydroxylation is 1. The molecule has 1 fully saturated rings. The van der Waals surface area contributed by atoms with Crippen LogP contribution < -0.4 is 4.74 Å². The molecular formula is C31H27NO5. The molecule has 0 saturated carbocycles. The first kappa shape index (κ1) is 24.1. The minimum atomic E-state index is -0.809. The fourth-order valence-corrected chi connectivity index (χ4v) is 4.53. The molecular weight excluding hydrogens is 466 g/mol. The average Bonchev–Trinajstić information content (AvgIpc) is 3.55. The van der Waals surface area contributed by atoms with E-state index in [2.05, 4.69) is 0 Å². The van der Waals surface area contributed by atoms with Gasteiger partial charge in [-0.15, -0.1) is 0 Å². The number of rotatable bonds is 8. The summed E-state index contributed by atoms with van der Waals surface area (Å²) in [6, 6.07) is 27.1. The molecule has 1 aliphatic rings. The first-order valence-electron chi connectivity index (χ1n) is 12.2. The molecule has 1 aromatic heterocycles. The zero-order chi connectivity index (χ0) is 25.8. The van der Waals surface area contributed by atoms with Crippen molar-refractivity contribution in [1.29, 1.82) is 0 Å². The number of ether oxygens (including phenoxy) is 1. The van der Waals surface area contributed by atoms with E-state index < -0.39 is 17.7 Å². The third kappa shape index (κ3) is 5.05. The molecule has 1 atom stereocenters. The molecule has 4 aromatic rings. The first-order valence-corrected chi connectivity index (χ1v) is 12.2. The summed E-state index contributed by atoms with van der Waals surface area (Å²) in [6.45, 7) is 2.51. The van der Waals surface area contributed by atoms with E-state index in [1.54, 1.807) is 24.3 Å². The van der Waals surface area contributed by atoms with Crippen molar-refractivity contribution >= 4 is 17.4 Å². The van der Waals surface area contributed by atoms with E-state index in [4.69, 9.17) is 9.15 Å². The first-order chi connectivity index (χ1) is 18.0. The molecule has 2 heterocycles. The molecule has 0 bridgehead atoms. The Bertz CT molecular complexity index is 1420. The van der Waals surface area contributed by atoms with Crippen LogP contribution in [-0.2, 0) is 29.2 Å². The summed E-state index contributed by atoms with van der Waals surface area (Å²) >= 11 is 0. The van der Waals surface area contributed by atoms with Gasteiger partial charge < -0.3 is 19.2 Å². The maximum absolute atomic E-state index is 13.3. The molecule has 37 heavy (non-hydrogen) atoms. The van der Waals surface area contributed by atoms with E-state index in [-0.39, 0.29) is 17.9 Å². The quantitative estimate of drug-likeness (QED) is 0.184. The monoisotopic (exact) mass is 493 g/mol. The molecule has 1 unspecified atom stereocenters. The summed E-state index contributed by atoms with van der Waals surface area (Å²) in [4.78, 5) is 27.9. The fraction of sp³-hybridized carbons (Fsp3) is 0.161. The highest BCUT2D eigenvalue weighted by molar-refractivity contribution is 6.46. The van der Waals surface area contributed by atoms with Crippen molar-refractivity contribution in [3.8, 4) is 5.75 Å². The Labute approximate surface area is 215 Å². The Hall–Kier alpha value is -4.58. The smallest absolute Gasteiger partial charge is 0.296 e. The van der Waals surface area contributed by atoms with Crippen molar-refractivity contribution in [3.05, 3.63) is 131 Å². The third-order valence-corrected chi connectivity index (χ3v) is 6.50. The molecule has 186 valence electrons. The SMILES string of the molecule is CCc1ccc(/C(O)=C2/C(=O)C(=O)N(Cc3ccco3)C2c2cccc(OCc3ccccc3)c2)cc1. The minimum Gasteiger partial charge on any atom is -0.507 e. The number of furan rings is 1. The number of Topliss-reactive ketones (excluding diaryl/α,β-unsaturated/α-hetero) is 1.